The standard InChI is InChI=1S/C27H30N4O4S/c1-17-15-21(18(2)31(17)20-10-7-9-19(16-20)26(33)35-4)25-24(22-11-5-6-13-28-22)29-27(36)30(25)14-8-12-23(32)34-3/h5-7,9-11,13,15-16,24-25H,8,12,14H2,1-4H3,(H,29,36)/t24-,25-/m1/s1. The van der Waals surface area contributed by atoms with E-state index in [1.165, 1.54) is 14.2 Å². The molecule has 0 bridgehead atoms. The molecule has 2 aromatic heterocycles. The van der Waals surface area contributed by atoms with Crippen molar-refractivity contribution in [2.24, 2.45) is 0 Å². The molecule has 8 nitrogen and oxygen atoms in total. The van der Waals surface area contributed by atoms with Crippen LogP contribution in [0.1, 0.15) is 57.9 Å². The zero-order valence-corrected chi connectivity index (χ0v) is 21.7. The van der Waals surface area contributed by atoms with Crippen LogP contribution in [0.4, 0.5) is 0 Å². The summed E-state index contributed by atoms with van der Waals surface area (Å²) in [4.78, 5) is 30.6. The van der Waals surface area contributed by atoms with Crippen LogP contribution in [0.5, 0.6) is 0 Å². The van der Waals surface area contributed by atoms with Crippen LogP contribution in [0, 0.1) is 13.8 Å². The molecule has 9 heteroatoms. The maximum absolute atomic E-state index is 12.1. The predicted octanol–water partition coefficient (Wildman–Crippen LogP) is 4.20. The summed E-state index contributed by atoms with van der Waals surface area (Å²) in [6, 6.07) is 15.1. The van der Waals surface area contributed by atoms with E-state index < -0.39 is 0 Å². The van der Waals surface area contributed by atoms with Crippen LogP contribution < -0.4 is 5.32 Å². The second-order valence-corrected chi connectivity index (χ2v) is 9.09. The van der Waals surface area contributed by atoms with Gasteiger partial charge in [0.1, 0.15) is 0 Å². The predicted molar refractivity (Wildman–Crippen MR) is 140 cm³/mol. The van der Waals surface area contributed by atoms with Crippen molar-refractivity contribution in [3.05, 3.63) is 82.9 Å². The minimum Gasteiger partial charge on any atom is -0.469 e. The molecule has 3 aromatic rings. The Labute approximate surface area is 216 Å². The lowest BCUT2D eigenvalue weighted by Crippen LogP contribution is -2.31. The van der Waals surface area contributed by atoms with Crippen molar-refractivity contribution in [1.29, 1.82) is 0 Å². The normalized spacial score (nSPS) is 17.1. The first kappa shape index (κ1) is 25.4. The van der Waals surface area contributed by atoms with Crippen LogP contribution in [0.15, 0.2) is 54.7 Å². The number of hydrogen-bond donors (Lipinski definition) is 1. The first-order valence-electron chi connectivity index (χ1n) is 11.8. The lowest BCUT2D eigenvalue weighted by molar-refractivity contribution is -0.140. The number of carbonyl (C=O) groups is 2. The van der Waals surface area contributed by atoms with E-state index in [0.29, 0.717) is 30.1 Å². The van der Waals surface area contributed by atoms with Crippen molar-refractivity contribution < 1.29 is 19.1 Å². The number of aryl methyl sites for hydroxylation is 1. The number of thiocarbonyl (C=S) groups is 1. The smallest absolute Gasteiger partial charge is 0.337 e. The second kappa shape index (κ2) is 10.9. The Morgan fingerprint density at radius 3 is 2.58 bits per heavy atom. The fourth-order valence-corrected chi connectivity index (χ4v) is 5.19. The first-order chi connectivity index (χ1) is 17.3. The third-order valence-electron chi connectivity index (χ3n) is 6.52. The number of rotatable bonds is 8. The number of hydrogen-bond acceptors (Lipinski definition) is 6. The number of nitrogens with zero attached hydrogens (tertiary/aromatic N) is 3. The molecule has 188 valence electrons. The fraction of sp³-hybridized carbons (Fsp3) is 0.333. The number of pyridine rings is 1. The lowest BCUT2D eigenvalue weighted by Gasteiger charge is -2.28. The molecule has 1 fully saturated rings. The van der Waals surface area contributed by atoms with Gasteiger partial charge in [-0.1, -0.05) is 12.1 Å². The van der Waals surface area contributed by atoms with Crippen LogP contribution in [0.25, 0.3) is 5.69 Å². The minimum absolute atomic E-state index is 0.131. The van der Waals surface area contributed by atoms with Gasteiger partial charge in [-0.2, -0.15) is 0 Å². The number of benzene rings is 1. The van der Waals surface area contributed by atoms with Crippen LogP contribution >= 0.6 is 12.2 Å². The van der Waals surface area contributed by atoms with E-state index in [1.54, 1.807) is 12.3 Å². The highest BCUT2D eigenvalue weighted by Gasteiger charge is 2.41. The molecule has 3 heterocycles. The molecule has 1 aliphatic rings. The molecule has 2 atom stereocenters. The number of ether oxygens (including phenoxy) is 2. The molecule has 1 N–H and O–H groups in total. The highest BCUT2D eigenvalue weighted by molar-refractivity contribution is 7.80. The first-order valence-corrected chi connectivity index (χ1v) is 12.2. The van der Waals surface area contributed by atoms with Crippen molar-refractivity contribution in [2.75, 3.05) is 20.8 Å². The molecule has 0 saturated carbocycles. The van der Waals surface area contributed by atoms with Crippen molar-refractivity contribution in [2.45, 2.75) is 38.8 Å². The molecular formula is C27H30N4O4S. The van der Waals surface area contributed by atoms with Crippen molar-refractivity contribution in [3.63, 3.8) is 0 Å². The third-order valence-corrected chi connectivity index (χ3v) is 6.87. The van der Waals surface area contributed by atoms with Gasteiger partial charge in [-0.05, 0) is 74.4 Å². The number of methoxy groups -OCH3 is 2. The summed E-state index contributed by atoms with van der Waals surface area (Å²) in [5, 5.41) is 4.08. The Kier molecular flexibility index (Phi) is 7.69. The highest BCUT2D eigenvalue weighted by atomic mass is 32.1. The molecule has 1 aromatic carbocycles. The van der Waals surface area contributed by atoms with Crippen LogP contribution in [0.3, 0.4) is 0 Å². The molecule has 1 saturated heterocycles. The topological polar surface area (TPSA) is 85.7 Å². The van der Waals surface area contributed by atoms with Gasteiger partial charge in [-0.3, -0.25) is 9.78 Å². The van der Waals surface area contributed by atoms with Gasteiger partial charge in [0.2, 0.25) is 0 Å². The SMILES string of the molecule is COC(=O)CCCN1C(=S)N[C@H](c2ccccn2)[C@H]1c1cc(C)n(-c2cccc(C(=O)OC)c2)c1C. The van der Waals surface area contributed by atoms with E-state index >= 15 is 0 Å². The maximum atomic E-state index is 12.1. The minimum atomic E-state index is -0.378. The summed E-state index contributed by atoms with van der Waals surface area (Å²) < 4.78 is 11.9. The average molecular weight is 507 g/mol. The summed E-state index contributed by atoms with van der Waals surface area (Å²) in [6.07, 6.45) is 2.70. The summed E-state index contributed by atoms with van der Waals surface area (Å²) in [6.45, 7) is 4.70. The van der Waals surface area contributed by atoms with Gasteiger partial charge < -0.3 is 24.3 Å². The zero-order valence-electron chi connectivity index (χ0n) is 20.9. The summed E-state index contributed by atoms with van der Waals surface area (Å²) >= 11 is 5.75. The Balaban J connectivity index is 1.76. The molecule has 4 rings (SSSR count). The van der Waals surface area contributed by atoms with E-state index in [-0.39, 0.29) is 24.0 Å². The van der Waals surface area contributed by atoms with E-state index in [2.05, 4.69) is 32.8 Å². The van der Waals surface area contributed by atoms with Crippen molar-refractivity contribution in [1.82, 2.24) is 19.8 Å². The number of nitrogens with one attached hydrogen (secondary N) is 1. The van der Waals surface area contributed by atoms with Gasteiger partial charge in [0.25, 0.3) is 0 Å². The highest BCUT2D eigenvalue weighted by Crippen LogP contribution is 2.41. The van der Waals surface area contributed by atoms with E-state index in [0.717, 1.165) is 28.3 Å². The summed E-state index contributed by atoms with van der Waals surface area (Å²) in [5.74, 6) is -0.619. The molecule has 0 radical (unpaired) electrons. The number of esters is 2. The lowest BCUT2D eigenvalue weighted by atomic mass is 9.96. The fourth-order valence-electron chi connectivity index (χ4n) is 4.85. The largest absolute Gasteiger partial charge is 0.469 e. The molecule has 0 spiro atoms. The quantitative estimate of drug-likeness (QED) is 0.359. The van der Waals surface area contributed by atoms with Crippen LogP contribution in [-0.4, -0.2) is 52.3 Å². The maximum Gasteiger partial charge on any atom is 0.337 e. The van der Waals surface area contributed by atoms with E-state index in [1.807, 2.05) is 43.3 Å². The Morgan fingerprint density at radius 2 is 1.89 bits per heavy atom. The monoisotopic (exact) mass is 506 g/mol. The summed E-state index contributed by atoms with van der Waals surface area (Å²) in [7, 11) is 2.77. The van der Waals surface area contributed by atoms with Crippen molar-refractivity contribution in [3.8, 4) is 5.69 Å². The molecule has 0 aliphatic carbocycles. The molecule has 0 amide bonds. The zero-order chi connectivity index (χ0) is 25.8. The van der Waals surface area contributed by atoms with E-state index in [4.69, 9.17) is 21.7 Å². The van der Waals surface area contributed by atoms with Crippen LogP contribution in [0.2, 0.25) is 0 Å². The second-order valence-electron chi connectivity index (χ2n) is 8.70. The van der Waals surface area contributed by atoms with Crippen molar-refractivity contribution >= 4 is 29.3 Å². The number of aromatic nitrogens is 2. The Hall–Kier alpha value is -3.72. The van der Waals surface area contributed by atoms with Gasteiger partial charge >= 0.3 is 11.9 Å². The third kappa shape index (κ3) is 4.97. The van der Waals surface area contributed by atoms with Gasteiger partial charge in [0.05, 0.1) is 37.6 Å². The Morgan fingerprint density at radius 1 is 1.08 bits per heavy atom. The van der Waals surface area contributed by atoms with Gasteiger partial charge in [-0.15, -0.1) is 0 Å². The molecule has 36 heavy (non-hydrogen) atoms. The summed E-state index contributed by atoms with van der Waals surface area (Å²) in [5.41, 5.74) is 5.40. The molecule has 0 unspecified atom stereocenters. The van der Waals surface area contributed by atoms with Gasteiger partial charge in [-0.25, -0.2) is 4.79 Å². The number of carbonyl (C=O) groups excluding carboxylic acids is 2. The van der Waals surface area contributed by atoms with Gasteiger partial charge in [0, 0.05) is 36.2 Å². The average Bonchev–Trinajstić information content (AvgIpc) is 3.38. The van der Waals surface area contributed by atoms with E-state index in [9.17, 15) is 9.59 Å². The molecule has 1 aliphatic heterocycles. The van der Waals surface area contributed by atoms with Crippen LogP contribution in [-0.2, 0) is 14.3 Å². The molecular weight excluding hydrogens is 476 g/mol. The van der Waals surface area contributed by atoms with Gasteiger partial charge in [0.15, 0.2) is 5.11 Å². The Bertz CT molecular complexity index is 1270.